The predicted molar refractivity (Wildman–Crippen MR) is 69.8 cm³/mol. The van der Waals surface area contributed by atoms with Gasteiger partial charge in [0.1, 0.15) is 5.75 Å². The lowest BCUT2D eigenvalue weighted by atomic mass is 9.92. The number of hydrogen-bond donors (Lipinski definition) is 1. The number of nitrogens with zero attached hydrogens (tertiary/aromatic N) is 2. The number of ether oxygens (including phenoxy) is 1. The van der Waals surface area contributed by atoms with E-state index in [4.69, 9.17) is 4.74 Å². The smallest absolute Gasteiger partial charge is 0.119 e. The van der Waals surface area contributed by atoms with Crippen molar-refractivity contribution < 1.29 is 4.74 Å². The first-order valence-electron chi connectivity index (χ1n) is 6.17. The van der Waals surface area contributed by atoms with Crippen molar-refractivity contribution >= 4 is 0 Å². The summed E-state index contributed by atoms with van der Waals surface area (Å²) in [5, 5.41) is 8.02. The summed E-state index contributed by atoms with van der Waals surface area (Å²) >= 11 is 0. The van der Waals surface area contributed by atoms with Gasteiger partial charge in [0, 0.05) is 19.8 Å². The summed E-state index contributed by atoms with van der Waals surface area (Å²) in [5.41, 5.74) is 3.73. The lowest BCUT2D eigenvalue weighted by Gasteiger charge is -2.26. The average Bonchev–Trinajstić information content (AvgIpc) is 2.84. The monoisotopic (exact) mass is 243 g/mol. The minimum absolute atomic E-state index is 0.195. The Morgan fingerprint density at radius 2 is 2.28 bits per heavy atom. The van der Waals surface area contributed by atoms with Crippen LogP contribution in [0.4, 0.5) is 0 Å². The molecule has 2 aromatic rings. The topological polar surface area (TPSA) is 39.1 Å². The van der Waals surface area contributed by atoms with Gasteiger partial charge in [-0.1, -0.05) is 6.07 Å². The van der Waals surface area contributed by atoms with Gasteiger partial charge in [0.15, 0.2) is 0 Å². The second-order valence-electron chi connectivity index (χ2n) is 4.62. The Bertz CT molecular complexity index is 562. The molecule has 1 aromatic heterocycles. The molecular formula is C14H17N3O. The first-order valence-corrected chi connectivity index (χ1v) is 6.17. The van der Waals surface area contributed by atoms with E-state index in [1.165, 1.54) is 11.1 Å². The van der Waals surface area contributed by atoms with E-state index in [9.17, 15) is 0 Å². The number of rotatable bonds is 2. The molecular weight excluding hydrogens is 226 g/mol. The molecule has 0 spiro atoms. The fourth-order valence-corrected chi connectivity index (χ4v) is 2.52. The van der Waals surface area contributed by atoms with Crippen molar-refractivity contribution in [3.63, 3.8) is 0 Å². The van der Waals surface area contributed by atoms with Crippen molar-refractivity contribution in [2.45, 2.75) is 12.5 Å². The number of fused-ring (bicyclic) bond motifs is 1. The van der Waals surface area contributed by atoms with E-state index in [1.807, 2.05) is 24.0 Å². The molecule has 0 bridgehead atoms. The Morgan fingerprint density at radius 1 is 1.39 bits per heavy atom. The molecule has 4 nitrogen and oxygen atoms in total. The van der Waals surface area contributed by atoms with E-state index in [2.05, 4.69) is 28.6 Å². The molecule has 1 aliphatic rings. The fourth-order valence-electron chi connectivity index (χ4n) is 2.52. The third kappa shape index (κ3) is 1.88. The van der Waals surface area contributed by atoms with Crippen LogP contribution in [0, 0.1) is 0 Å². The fraction of sp³-hybridized carbons (Fsp3) is 0.357. The summed E-state index contributed by atoms with van der Waals surface area (Å²) in [7, 11) is 3.65. The van der Waals surface area contributed by atoms with Gasteiger partial charge in [-0.05, 0) is 35.7 Å². The van der Waals surface area contributed by atoms with E-state index < -0.39 is 0 Å². The third-order valence-corrected chi connectivity index (χ3v) is 3.43. The third-order valence-electron chi connectivity index (χ3n) is 3.43. The van der Waals surface area contributed by atoms with Crippen molar-refractivity contribution in [1.82, 2.24) is 15.1 Å². The highest BCUT2D eigenvalue weighted by Gasteiger charge is 2.23. The van der Waals surface area contributed by atoms with Gasteiger partial charge in [-0.15, -0.1) is 0 Å². The van der Waals surface area contributed by atoms with Gasteiger partial charge < -0.3 is 10.1 Å². The molecule has 1 atom stereocenters. The maximum atomic E-state index is 5.29. The quantitative estimate of drug-likeness (QED) is 0.872. The molecule has 2 heterocycles. The van der Waals surface area contributed by atoms with Crippen molar-refractivity contribution in [1.29, 1.82) is 0 Å². The summed E-state index contributed by atoms with van der Waals surface area (Å²) in [6.45, 7) is 0.974. The molecule has 1 unspecified atom stereocenters. The second-order valence-corrected chi connectivity index (χ2v) is 4.62. The van der Waals surface area contributed by atoms with Gasteiger partial charge in [0.2, 0.25) is 0 Å². The molecule has 94 valence electrons. The Hall–Kier alpha value is -1.81. The van der Waals surface area contributed by atoms with E-state index in [-0.39, 0.29) is 6.04 Å². The zero-order valence-corrected chi connectivity index (χ0v) is 10.7. The summed E-state index contributed by atoms with van der Waals surface area (Å²) in [6.07, 6.45) is 3.02. The maximum Gasteiger partial charge on any atom is 0.119 e. The Balaban J connectivity index is 2.01. The summed E-state index contributed by atoms with van der Waals surface area (Å²) in [4.78, 5) is 0. The van der Waals surface area contributed by atoms with Gasteiger partial charge in [0.25, 0.3) is 0 Å². The molecule has 1 N–H and O–H groups in total. The summed E-state index contributed by atoms with van der Waals surface area (Å²) in [5.74, 6) is 0.926. The Morgan fingerprint density at radius 3 is 3.00 bits per heavy atom. The molecule has 0 saturated carbocycles. The van der Waals surface area contributed by atoms with Crippen LogP contribution in [0.2, 0.25) is 0 Å². The first-order chi connectivity index (χ1) is 8.78. The van der Waals surface area contributed by atoms with Crippen LogP contribution < -0.4 is 10.1 Å². The lowest BCUT2D eigenvalue weighted by molar-refractivity contribution is 0.413. The van der Waals surface area contributed by atoms with Gasteiger partial charge in [-0.25, -0.2) is 0 Å². The largest absolute Gasteiger partial charge is 0.497 e. The Kier molecular flexibility index (Phi) is 2.80. The van der Waals surface area contributed by atoms with E-state index in [1.54, 1.807) is 7.11 Å². The highest BCUT2D eigenvalue weighted by atomic mass is 16.5. The molecule has 1 aromatic carbocycles. The molecule has 4 heteroatoms. The number of nitrogens with one attached hydrogen (secondary N) is 1. The number of methoxy groups -OCH3 is 1. The van der Waals surface area contributed by atoms with Gasteiger partial charge in [-0.2, -0.15) is 5.10 Å². The molecule has 0 radical (unpaired) electrons. The number of benzene rings is 1. The lowest BCUT2D eigenvalue weighted by Crippen LogP contribution is -2.30. The first kappa shape index (κ1) is 11.3. The molecule has 1 aliphatic heterocycles. The van der Waals surface area contributed by atoms with Crippen molar-refractivity contribution in [2.24, 2.45) is 7.05 Å². The van der Waals surface area contributed by atoms with E-state index in [0.717, 1.165) is 24.4 Å². The van der Waals surface area contributed by atoms with Crippen LogP contribution in [0.15, 0.2) is 30.5 Å². The van der Waals surface area contributed by atoms with Gasteiger partial charge in [-0.3, -0.25) is 4.68 Å². The predicted octanol–water partition coefficient (Wildman–Crippen LogP) is 1.66. The van der Waals surface area contributed by atoms with Crippen LogP contribution >= 0.6 is 0 Å². The molecule has 18 heavy (non-hydrogen) atoms. The van der Waals surface area contributed by atoms with Crippen LogP contribution in [0.5, 0.6) is 5.75 Å². The molecule has 0 saturated heterocycles. The van der Waals surface area contributed by atoms with Gasteiger partial charge in [0.05, 0.1) is 18.8 Å². The number of aryl methyl sites for hydroxylation is 1. The van der Waals surface area contributed by atoms with Crippen LogP contribution in [-0.4, -0.2) is 23.4 Å². The van der Waals surface area contributed by atoms with Crippen molar-refractivity contribution in [3.05, 3.63) is 47.3 Å². The zero-order valence-electron chi connectivity index (χ0n) is 10.7. The number of aromatic nitrogens is 2. The van der Waals surface area contributed by atoms with Crippen molar-refractivity contribution in [2.75, 3.05) is 13.7 Å². The van der Waals surface area contributed by atoms with Crippen LogP contribution in [0.3, 0.4) is 0 Å². The zero-order chi connectivity index (χ0) is 12.5. The SMILES string of the molecule is COc1ccc2c(c1)CCNC2c1ccn(C)n1. The average molecular weight is 243 g/mol. The van der Waals surface area contributed by atoms with Crippen LogP contribution in [0.25, 0.3) is 0 Å². The minimum atomic E-state index is 0.195. The highest BCUT2D eigenvalue weighted by Crippen LogP contribution is 2.30. The maximum absolute atomic E-state index is 5.29. The second kappa shape index (κ2) is 4.46. The molecule has 3 rings (SSSR count). The normalized spacial score (nSPS) is 18.4. The number of hydrogen-bond acceptors (Lipinski definition) is 3. The van der Waals surface area contributed by atoms with Gasteiger partial charge >= 0.3 is 0 Å². The molecule has 0 amide bonds. The van der Waals surface area contributed by atoms with Crippen LogP contribution in [0.1, 0.15) is 22.9 Å². The summed E-state index contributed by atoms with van der Waals surface area (Å²) in [6, 6.07) is 8.55. The summed E-state index contributed by atoms with van der Waals surface area (Å²) < 4.78 is 7.13. The van der Waals surface area contributed by atoms with E-state index in [0.29, 0.717) is 0 Å². The standard InChI is InChI=1S/C14H17N3O/c1-17-8-6-13(16-17)14-12-4-3-11(18-2)9-10(12)5-7-15-14/h3-4,6,8-9,14-15H,5,7H2,1-2H3. The molecule has 0 fully saturated rings. The highest BCUT2D eigenvalue weighted by molar-refractivity contribution is 5.42. The van der Waals surface area contributed by atoms with Crippen LogP contribution in [-0.2, 0) is 13.5 Å². The van der Waals surface area contributed by atoms with Crippen molar-refractivity contribution in [3.8, 4) is 5.75 Å². The van der Waals surface area contributed by atoms with E-state index >= 15 is 0 Å². The Labute approximate surface area is 107 Å². The minimum Gasteiger partial charge on any atom is -0.497 e. The molecule has 0 aliphatic carbocycles.